The molecule has 2 heteroatoms. The smallest absolute Gasteiger partial charge is 0.0600 e. The van der Waals surface area contributed by atoms with Crippen molar-refractivity contribution in [2.75, 3.05) is 0 Å². The third-order valence-electron chi connectivity index (χ3n) is 2.36. The molecule has 0 bridgehead atoms. The van der Waals surface area contributed by atoms with E-state index in [0.29, 0.717) is 0 Å². The van der Waals surface area contributed by atoms with E-state index in [9.17, 15) is 0 Å². The first kappa shape index (κ1) is 11.5. The van der Waals surface area contributed by atoms with Gasteiger partial charge in [0.2, 0.25) is 0 Å². The largest absolute Gasteiger partial charge is 0.264 e. The maximum absolute atomic E-state index is 6.25. The van der Waals surface area contributed by atoms with Gasteiger partial charge in [-0.05, 0) is 18.1 Å². The van der Waals surface area contributed by atoms with Crippen molar-refractivity contribution in [1.29, 1.82) is 0 Å². The number of aromatic nitrogens is 1. The van der Waals surface area contributed by atoms with Gasteiger partial charge in [-0.15, -0.1) is 11.6 Å². The molecule has 14 heavy (non-hydrogen) atoms. The molecule has 0 radical (unpaired) electrons. The summed E-state index contributed by atoms with van der Waals surface area (Å²) in [5.74, 6) is 0. The Morgan fingerprint density at radius 3 is 2.86 bits per heavy atom. The number of rotatable bonds is 6. The van der Waals surface area contributed by atoms with Gasteiger partial charge in [-0.3, -0.25) is 4.98 Å². The summed E-state index contributed by atoms with van der Waals surface area (Å²) in [6.07, 6.45) is 9.81. The minimum atomic E-state index is 0.139. The molecule has 1 nitrogen and oxygen atoms in total. The lowest BCUT2D eigenvalue weighted by Crippen LogP contribution is -1.91. The first-order valence-corrected chi connectivity index (χ1v) is 5.82. The molecule has 1 aromatic heterocycles. The Morgan fingerprint density at radius 2 is 2.21 bits per heavy atom. The minimum absolute atomic E-state index is 0.139. The SMILES string of the molecule is CCCCCCC(Cl)c1cccnc1. The Kier molecular flexibility index (Phi) is 5.62. The van der Waals surface area contributed by atoms with Crippen molar-refractivity contribution in [1.82, 2.24) is 4.98 Å². The second-order valence-electron chi connectivity index (χ2n) is 3.60. The maximum atomic E-state index is 6.25. The van der Waals surface area contributed by atoms with Crippen molar-refractivity contribution in [3.63, 3.8) is 0 Å². The van der Waals surface area contributed by atoms with E-state index in [0.717, 1.165) is 12.0 Å². The molecule has 1 unspecified atom stereocenters. The highest BCUT2D eigenvalue weighted by molar-refractivity contribution is 6.20. The van der Waals surface area contributed by atoms with Crippen molar-refractivity contribution in [3.05, 3.63) is 30.1 Å². The molecular formula is C12H18ClN. The molecular weight excluding hydrogens is 194 g/mol. The molecule has 1 heterocycles. The van der Waals surface area contributed by atoms with E-state index in [2.05, 4.69) is 11.9 Å². The van der Waals surface area contributed by atoms with E-state index in [1.54, 1.807) is 6.20 Å². The van der Waals surface area contributed by atoms with Crippen LogP contribution in [0.25, 0.3) is 0 Å². The van der Waals surface area contributed by atoms with Crippen LogP contribution >= 0.6 is 11.6 Å². The average Bonchev–Trinajstić information content (AvgIpc) is 2.25. The molecule has 0 amide bonds. The van der Waals surface area contributed by atoms with Crippen LogP contribution < -0.4 is 0 Å². The van der Waals surface area contributed by atoms with Gasteiger partial charge in [0.25, 0.3) is 0 Å². The van der Waals surface area contributed by atoms with Crippen molar-refractivity contribution in [3.8, 4) is 0 Å². The first-order valence-electron chi connectivity index (χ1n) is 5.38. The molecule has 78 valence electrons. The molecule has 0 aliphatic rings. The Hall–Kier alpha value is -0.560. The number of unbranched alkanes of at least 4 members (excludes halogenated alkanes) is 3. The van der Waals surface area contributed by atoms with E-state index in [1.807, 2.05) is 18.3 Å². The van der Waals surface area contributed by atoms with E-state index in [-0.39, 0.29) is 5.38 Å². The van der Waals surface area contributed by atoms with Gasteiger partial charge in [0, 0.05) is 12.4 Å². The van der Waals surface area contributed by atoms with Crippen LogP contribution in [0, 0.1) is 0 Å². The van der Waals surface area contributed by atoms with Crippen LogP contribution in [0.5, 0.6) is 0 Å². The number of halogens is 1. The highest BCUT2D eigenvalue weighted by atomic mass is 35.5. The van der Waals surface area contributed by atoms with Crippen LogP contribution in [-0.2, 0) is 0 Å². The number of hydrogen-bond donors (Lipinski definition) is 0. The topological polar surface area (TPSA) is 12.9 Å². The number of hydrogen-bond acceptors (Lipinski definition) is 1. The van der Waals surface area contributed by atoms with Gasteiger partial charge < -0.3 is 0 Å². The summed E-state index contributed by atoms with van der Waals surface area (Å²) >= 11 is 6.25. The summed E-state index contributed by atoms with van der Waals surface area (Å²) in [5, 5.41) is 0.139. The quantitative estimate of drug-likeness (QED) is 0.504. The average molecular weight is 212 g/mol. The van der Waals surface area contributed by atoms with E-state index in [1.165, 1.54) is 25.7 Å². The van der Waals surface area contributed by atoms with Crippen LogP contribution in [0.2, 0.25) is 0 Å². The van der Waals surface area contributed by atoms with Gasteiger partial charge in [0.1, 0.15) is 0 Å². The lowest BCUT2D eigenvalue weighted by molar-refractivity contribution is 0.623. The predicted molar refractivity (Wildman–Crippen MR) is 61.6 cm³/mol. The van der Waals surface area contributed by atoms with E-state index in [4.69, 9.17) is 11.6 Å². The highest BCUT2D eigenvalue weighted by Gasteiger charge is 2.06. The summed E-state index contributed by atoms with van der Waals surface area (Å²) < 4.78 is 0. The summed E-state index contributed by atoms with van der Waals surface area (Å²) in [6, 6.07) is 3.99. The minimum Gasteiger partial charge on any atom is -0.264 e. The van der Waals surface area contributed by atoms with Gasteiger partial charge in [0.05, 0.1) is 5.38 Å². The Bertz CT molecular complexity index is 235. The second-order valence-corrected chi connectivity index (χ2v) is 4.13. The zero-order valence-corrected chi connectivity index (χ0v) is 9.50. The van der Waals surface area contributed by atoms with Gasteiger partial charge in [-0.1, -0.05) is 38.7 Å². The van der Waals surface area contributed by atoms with Crippen molar-refractivity contribution < 1.29 is 0 Å². The molecule has 1 aromatic rings. The Balaban J connectivity index is 2.25. The predicted octanol–water partition coefficient (Wildman–Crippen LogP) is 4.33. The van der Waals surface area contributed by atoms with Crippen molar-refractivity contribution in [2.45, 2.75) is 44.4 Å². The number of nitrogens with zero attached hydrogens (tertiary/aromatic N) is 1. The Labute approximate surface area is 91.5 Å². The lowest BCUT2D eigenvalue weighted by Gasteiger charge is -2.08. The van der Waals surface area contributed by atoms with Crippen LogP contribution in [0.1, 0.15) is 50.0 Å². The molecule has 1 rings (SSSR count). The fraction of sp³-hybridized carbons (Fsp3) is 0.583. The molecule has 0 aliphatic heterocycles. The van der Waals surface area contributed by atoms with Crippen LogP contribution in [-0.4, -0.2) is 4.98 Å². The number of pyridine rings is 1. The monoisotopic (exact) mass is 211 g/mol. The van der Waals surface area contributed by atoms with Gasteiger partial charge in [0.15, 0.2) is 0 Å². The number of alkyl halides is 1. The van der Waals surface area contributed by atoms with Crippen LogP contribution in [0.15, 0.2) is 24.5 Å². The zero-order chi connectivity index (χ0) is 10.2. The molecule has 0 N–H and O–H groups in total. The third-order valence-corrected chi connectivity index (χ3v) is 2.83. The van der Waals surface area contributed by atoms with Gasteiger partial charge in [-0.2, -0.15) is 0 Å². The summed E-state index contributed by atoms with van der Waals surface area (Å²) in [5.41, 5.74) is 1.14. The first-order chi connectivity index (χ1) is 6.84. The third kappa shape index (κ3) is 4.10. The highest BCUT2D eigenvalue weighted by Crippen LogP contribution is 2.25. The van der Waals surface area contributed by atoms with Crippen LogP contribution in [0.3, 0.4) is 0 Å². The molecule has 0 spiro atoms. The van der Waals surface area contributed by atoms with Crippen molar-refractivity contribution in [2.24, 2.45) is 0 Å². The summed E-state index contributed by atoms with van der Waals surface area (Å²) in [7, 11) is 0. The standard InChI is InChI=1S/C12H18ClN/c1-2-3-4-5-8-12(13)11-7-6-9-14-10-11/h6-7,9-10,12H,2-5,8H2,1H3. The fourth-order valence-corrected chi connectivity index (χ4v) is 1.76. The summed E-state index contributed by atoms with van der Waals surface area (Å²) in [4.78, 5) is 4.07. The van der Waals surface area contributed by atoms with Crippen molar-refractivity contribution >= 4 is 11.6 Å². The molecule has 0 saturated heterocycles. The van der Waals surface area contributed by atoms with Gasteiger partial charge in [-0.25, -0.2) is 0 Å². The van der Waals surface area contributed by atoms with E-state index >= 15 is 0 Å². The lowest BCUT2D eigenvalue weighted by atomic mass is 10.1. The molecule has 0 fully saturated rings. The van der Waals surface area contributed by atoms with E-state index < -0.39 is 0 Å². The molecule has 1 atom stereocenters. The van der Waals surface area contributed by atoms with Crippen LogP contribution in [0.4, 0.5) is 0 Å². The molecule has 0 aliphatic carbocycles. The Morgan fingerprint density at radius 1 is 1.36 bits per heavy atom. The normalized spacial score (nSPS) is 12.7. The fourth-order valence-electron chi connectivity index (χ4n) is 1.48. The molecule has 0 saturated carbocycles. The summed E-state index contributed by atoms with van der Waals surface area (Å²) in [6.45, 7) is 2.22. The maximum Gasteiger partial charge on any atom is 0.0600 e. The van der Waals surface area contributed by atoms with Gasteiger partial charge >= 0.3 is 0 Å². The molecule has 0 aromatic carbocycles. The zero-order valence-electron chi connectivity index (χ0n) is 8.75. The second kappa shape index (κ2) is 6.83.